The number of rotatable bonds is 5. The molecule has 1 aromatic carbocycles. The van der Waals surface area contributed by atoms with Crippen molar-refractivity contribution in [2.45, 2.75) is 31.2 Å². The van der Waals surface area contributed by atoms with Crippen LogP contribution in [-0.4, -0.2) is 31.6 Å². The number of sulfonamides is 1. The first-order chi connectivity index (χ1) is 10.2. The van der Waals surface area contributed by atoms with Gasteiger partial charge in [-0.2, -0.15) is 4.98 Å². The van der Waals surface area contributed by atoms with Crippen LogP contribution in [0.15, 0.2) is 26.0 Å². The van der Waals surface area contributed by atoms with E-state index in [0.29, 0.717) is 27.8 Å². The van der Waals surface area contributed by atoms with Crippen molar-refractivity contribution in [3.05, 3.63) is 28.0 Å². The Morgan fingerprint density at radius 3 is 2.73 bits per heavy atom. The second kappa shape index (κ2) is 6.45. The van der Waals surface area contributed by atoms with Crippen molar-refractivity contribution in [1.82, 2.24) is 15.5 Å². The Morgan fingerprint density at radius 1 is 1.45 bits per heavy atom. The standard InChI is InChI=1S/C13H17BrN4O3S/c1-7(16-3)4-12-17-13(21-18-12)10-5-9(14)6-11(8(10)2)22(15,19)20/h5-7,16H,4H2,1-3H3,(H2,15,19,20). The number of aromatic nitrogens is 2. The summed E-state index contributed by atoms with van der Waals surface area (Å²) in [4.78, 5) is 4.35. The lowest BCUT2D eigenvalue weighted by atomic mass is 10.1. The number of hydrogen-bond acceptors (Lipinski definition) is 6. The molecule has 0 fully saturated rings. The van der Waals surface area contributed by atoms with Crippen molar-refractivity contribution in [2.75, 3.05) is 7.05 Å². The summed E-state index contributed by atoms with van der Waals surface area (Å²) in [6.07, 6.45) is 0.606. The smallest absolute Gasteiger partial charge is 0.258 e. The zero-order valence-electron chi connectivity index (χ0n) is 12.4. The second-order valence-corrected chi connectivity index (χ2v) is 7.48. The molecule has 2 rings (SSSR count). The van der Waals surface area contributed by atoms with Gasteiger partial charge in [0, 0.05) is 22.5 Å². The van der Waals surface area contributed by atoms with E-state index in [0.717, 1.165) is 0 Å². The van der Waals surface area contributed by atoms with Gasteiger partial charge >= 0.3 is 0 Å². The third kappa shape index (κ3) is 3.72. The molecular weight excluding hydrogens is 372 g/mol. The number of hydrogen-bond donors (Lipinski definition) is 2. The van der Waals surface area contributed by atoms with Crippen LogP contribution in [0.2, 0.25) is 0 Å². The van der Waals surface area contributed by atoms with E-state index in [2.05, 4.69) is 31.4 Å². The van der Waals surface area contributed by atoms with E-state index in [1.54, 1.807) is 13.0 Å². The minimum Gasteiger partial charge on any atom is -0.334 e. The van der Waals surface area contributed by atoms with Crippen LogP contribution in [0.25, 0.3) is 11.5 Å². The minimum atomic E-state index is -3.83. The second-order valence-electron chi connectivity index (χ2n) is 5.03. The third-order valence-corrected chi connectivity index (χ3v) is 4.81. The minimum absolute atomic E-state index is 0.0280. The van der Waals surface area contributed by atoms with E-state index >= 15 is 0 Å². The molecule has 0 saturated carbocycles. The summed E-state index contributed by atoms with van der Waals surface area (Å²) < 4.78 is 29.1. The van der Waals surface area contributed by atoms with E-state index in [1.165, 1.54) is 6.07 Å². The van der Waals surface area contributed by atoms with Gasteiger partial charge in [-0.25, -0.2) is 13.6 Å². The highest BCUT2D eigenvalue weighted by Gasteiger charge is 2.20. The summed E-state index contributed by atoms with van der Waals surface area (Å²) in [7, 11) is -1.98. The summed E-state index contributed by atoms with van der Waals surface area (Å²) >= 11 is 3.28. The maximum absolute atomic E-state index is 11.7. The van der Waals surface area contributed by atoms with Crippen LogP contribution in [-0.2, 0) is 16.4 Å². The molecule has 1 aromatic heterocycles. The highest BCUT2D eigenvalue weighted by molar-refractivity contribution is 9.10. The maximum Gasteiger partial charge on any atom is 0.258 e. The lowest BCUT2D eigenvalue weighted by molar-refractivity contribution is 0.418. The first kappa shape index (κ1) is 17.1. The van der Waals surface area contributed by atoms with Gasteiger partial charge < -0.3 is 9.84 Å². The molecule has 0 spiro atoms. The van der Waals surface area contributed by atoms with Gasteiger partial charge in [0.2, 0.25) is 10.0 Å². The Bertz CT molecular complexity index is 789. The quantitative estimate of drug-likeness (QED) is 0.804. The Morgan fingerprint density at radius 2 is 2.14 bits per heavy atom. The average Bonchev–Trinajstić information content (AvgIpc) is 2.87. The lowest BCUT2D eigenvalue weighted by Gasteiger charge is -2.08. The monoisotopic (exact) mass is 388 g/mol. The molecule has 9 heteroatoms. The molecule has 2 aromatic rings. The van der Waals surface area contributed by atoms with Crippen molar-refractivity contribution >= 4 is 26.0 Å². The first-order valence-electron chi connectivity index (χ1n) is 6.55. The van der Waals surface area contributed by atoms with Crippen LogP contribution >= 0.6 is 15.9 Å². The van der Waals surface area contributed by atoms with Gasteiger partial charge in [0.25, 0.3) is 5.89 Å². The van der Waals surface area contributed by atoms with Gasteiger partial charge in [-0.3, -0.25) is 0 Å². The SMILES string of the molecule is CNC(C)Cc1noc(-c2cc(Br)cc(S(N)(=O)=O)c2C)n1. The lowest BCUT2D eigenvalue weighted by Crippen LogP contribution is -2.24. The van der Waals surface area contributed by atoms with E-state index in [4.69, 9.17) is 9.66 Å². The molecular formula is C13H17BrN4O3S. The molecule has 120 valence electrons. The fourth-order valence-corrected chi connectivity index (χ4v) is 3.43. The number of nitrogens with two attached hydrogens (primary N) is 1. The molecule has 0 radical (unpaired) electrons. The maximum atomic E-state index is 11.7. The van der Waals surface area contributed by atoms with E-state index < -0.39 is 10.0 Å². The fourth-order valence-electron chi connectivity index (χ4n) is 1.99. The van der Waals surface area contributed by atoms with Crippen molar-refractivity contribution in [1.29, 1.82) is 0 Å². The number of halogens is 1. The highest BCUT2D eigenvalue weighted by Crippen LogP contribution is 2.30. The summed E-state index contributed by atoms with van der Waals surface area (Å²) in [6.45, 7) is 3.65. The van der Waals surface area contributed by atoms with Gasteiger partial charge in [0.1, 0.15) is 0 Å². The predicted octanol–water partition coefficient (Wildman–Crippen LogP) is 1.61. The number of likely N-dealkylation sites (N-methyl/N-ethyl adjacent to an activating group) is 1. The molecule has 0 saturated heterocycles. The zero-order chi connectivity index (χ0) is 16.5. The van der Waals surface area contributed by atoms with Crippen LogP contribution in [0.4, 0.5) is 0 Å². The van der Waals surface area contributed by atoms with Crippen LogP contribution in [0.1, 0.15) is 18.3 Å². The molecule has 0 aliphatic rings. The molecule has 1 atom stereocenters. The molecule has 1 heterocycles. The molecule has 0 aliphatic heterocycles. The molecule has 7 nitrogen and oxygen atoms in total. The number of benzene rings is 1. The molecule has 22 heavy (non-hydrogen) atoms. The highest BCUT2D eigenvalue weighted by atomic mass is 79.9. The van der Waals surface area contributed by atoms with Crippen molar-refractivity contribution in [3.63, 3.8) is 0 Å². The molecule has 0 amide bonds. The van der Waals surface area contributed by atoms with Gasteiger partial charge in [-0.05, 0) is 38.6 Å². The van der Waals surface area contributed by atoms with Gasteiger partial charge in [-0.1, -0.05) is 21.1 Å². The summed E-state index contributed by atoms with van der Waals surface area (Å²) in [5.74, 6) is 0.815. The third-order valence-electron chi connectivity index (χ3n) is 3.31. The number of nitrogens with one attached hydrogen (secondary N) is 1. The average molecular weight is 389 g/mol. The van der Waals surface area contributed by atoms with E-state index in [1.807, 2.05) is 14.0 Å². The Balaban J connectivity index is 2.48. The van der Waals surface area contributed by atoms with Crippen LogP contribution in [0.3, 0.4) is 0 Å². The summed E-state index contributed by atoms with van der Waals surface area (Å²) in [5, 5.41) is 12.2. The normalized spacial score (nSPS) is 13.3. The molecule has 0 aliphatic carbocycles. The van der Waals surface area contributed by atoms with Gasteiger partial charge in [-0.15, -0.1) is 0 Å². The number of primary sulfonamides is 1. The Kier molecular flexibility index (Phi) is 5.00. The summed E-state index contributed by atoms with van der Waals surface area (Å²) in [5.41, 5.74) is 1.01. The van der Waals surface area contributed by atoms with Crippen LogP contribution in [0.5, 0.6) is 0 Å². The van der Waals surface area contributed by atoms with Crippen LogP contribution < -0.4 is 10.5 Å². The Hall–Kier alpha value is -1.29. The van der Waals surface area contributed by atoms with Crippen LogP contribution in [0, 0.1) is 6.92 Å². The first-order valence-corrected chi connectivity index (χ1v) is 8.89. The zero-order valence-corrected chi connectivity index (χ0v) is 14.8. The van der Waals surface area contributed by atoms with Crippen molar-refractivity contribution in [3.8, 4) is 11.5 Å². The van der Waals surface area contributed by atoms with Gasteiger partial charge in [0.05, 0.1) is 4.90 Å². The number of nitrogens with zero attached hydrogens (tertiary/aromatic N) is 2. The van der Waals surface area contributed by atoms with E-state index in [9.17, 15) is 8.42 Å². The van der Waals surface area contributed by atoms with E-state index in [-0.39, 0.29) is 16.8 Å². The summed E-state index contributed by atoms with van der Waals surface area (Å²) in [6, 6.07) is 3.38. The molecule has 0 bridgehead atoms. The predicted molar refractivity (Wildman–Crippen MR) is 85.8 cm³/mol. The molecule has 1 unspecified atom stereocenters. The topological polar surface area (TPSA) is 111 Å². The van der Waals surface area contributed by atoms with Gasteiger partial charge in [0.15, 0.2) is 5.82 Å². The molecule has 3 N–H and O–H groups in total. The fraction of sp³-hybridized carbons (Fsp3) is 0.385. The largest absolute Gasteiger partial charge is 0.334 e. The van der Waals surface area contributed by atoms with Crippen molar-refractivity contribution < 1.29 is 12.9 Å². The van der Waals surface area contributed by atoms with Crippen molar-refractivity contribution in [2.24, 2.45) is 5.14 Å². The Labute approximate surface area is 137 Å².